The number of nitrogens with one attached hydrogen (secondary N) is 1. The Morgan fingerprint density at radius 1 is 1.21 bits per heavy atom. The van der Waals surface area contributed by atoms with Crippen molar-refractivity contribution in [1.29, 1.82) is 0 Å². The minimum absolute atomic E-state index is 0.456. The molecule has 0 saturated heterocycles. The van der Waals surface area contributed by atoms with Gasteiger partial charge in [0.05, 0.1) is 0 Å². The standard InChI is InChI=1S/C11H17N3/c1-7(2)9-5-10-12-11(8(3)4)13-14(10)6-9/h5-8H,1-4H3,(H,12,13). The van der Waals surface area contributed by atoms with E-state index < -0.39 is 0 Å². The molecule has 3 nitrogen and oxygen atoms in total. The summed E-state index contributed by atoms with van der Waals surface area (Å²) in [5, 5.41) is 4.48. The molecule has 2 rings (SSSR count). The predicted octanol–water partition coefficient (Wildman–Crippen LogP) is 2.91. The number of hydrogen-bond acceptors (Lipinski definition) is 1. The third kappa shape index (κ3) is 1.43. The van der Waals surface area contributed by atoms with Gasteiger partial charge in [-0.25, -0.2) is 4.52 Å². The summed E-state index contributed by atoms with van der Waals surface area (Å²) in [6.07, 6.45) is 2.10. The first kappa shape index (κ1) is 9.31. The van der Waals surface area contributed by atoms with Crippen LogP contribution in [0.1, 0.15) is 50.9 Å². The summed E-state index contributed by atoms with van der Waals surface area (Å²) in [4.78, 5) is 3.32. The zero-order valence-electron chi connectivity index (χ0n) is 9.20. The Labute approximate surface area is 84.1 Å². The molecule has 3 heteroatoms. The molecule has 14 heavy (non-hydrogen) atoms. The van der Waals surface area contributed by atoms with E-state index in [2.05, 4.69) is 50.0 Å². The molecule has 2 aromatic rings. The lowest BCUT2D eigenvalue weighted by molar-refractivity contribution is 0.761. The number of aromatic amines is 1. The molecule has 0 unspecified atom stereocenters. The van der Waals surface area contributed by atoms with E-state index >= 15 is 0 Å². The summed E-state index contributed by atoms with van der Waals surface area (Å²) < 4.78 is 1.94. The van der Waals surface area contributed by atoms with Crippen LogP contribution in [0.15, 0.2) is 12.3 Å². The van der Waals surface area contributed by atoms with Gasteiger partial charge in [0.2, 0.25) is 0 Å². The van der Waals surface area contributed by atoms with Crippen molar-refractivity contribution in [3.8, 4) is 0 Å². The minimum atomic E-state index is 0.456. The van der Waals surface area contributed by atoms with Gasteiger partial charge in [0.25, 0.3) is 0 Å². The van der Waals surface area contributed by atoms with E-state index in [1.807, 2.05) is 4.52 Å². The lowest BCUT2D eigenvalue weighted by Gasteiger charge is -1.98. The van der Waals surface area contributed by atoms with Crippen LogP contribution < -0.4 is 0 Å². The molecule has 0 saturated carbocycles. The van der Waals surface area contributed by atoms with Gasteiger partial charge in [0.15, 0.2) is 0 Å². The monoisotopic (exact) mass is 191 g/mol. The molecule has 0 spiro atoms. The smallest absolute Gasteiger partial charge is 0.133 e. The Morgan fingerprint density at radius 2 is 1.93 bits per heavy atom. The molecule has 0 aliphatic rings. The average Bonchev–Trinajstić information content (AvgIpc) is 2.57. The van der Waals surface area contributed by atoms with Gasteiger partial charge in [0, 0.05) is 12.1 Å². The molecule has 2 aromatic heterocycles. The summed E-state index contributed by atoms with van der Waals surface area (Å²) in [5.41, 5.74) is 2.43. The lowest BCUT2D eigenvalue weighted by Crippen LogP contribution is -1.92. The molecule has 1 N–H and O–H groups in total. The first-order chi connectivity index (χ1) is 6.58. The van der Waals surface area contributed by atoms with Crippen LogP contribution >= 0.6 is 0 Å². The van der Waals surface area contributed by atoms with Gasteiger partial charge in [-0.05, 0) is 17.5 Å². The van der Waals surface area contributed by atoms with Crippen molar-refractivity contribution in [2.24, 2.45) is 0 Å². The van der Waals surface area contributed by atoms with Gasteiger partial charge in [-0.1, -0.05) is 27.7 Å². The topological polar surface area (TPSA) is 33.1 Å². The minimum Gasteiger partial charge on any atom is -0.327 e. The Morgan fingerprint density at radius 3 is 2.43 bits per heavy atom. The fraction of sp³-hybridized carbons (Fsp3) is 0.545. The molecule has 0 aromatic carbocycles. The van der Waals surface area contributed by atoms with Gasteiger partial charge in [-0.2, -0.15) is 5.10 Å². The van der Waals surface area contributed by atoms with Crippen molar-refractivity contribution in [2.45, 2.75) is 39.5 Å². The SMILES string of the molecule is CC(C)c1cc2[nH]c(C(C)C)nn2c1. The second kappa shape index (κ2) is 3.15. The predicted molar refractivity (Wildman–Crippen MR) is 57.7 cm³/mol. The molecule has 0 bridgehead atoms. The lowest BCUT2D eigenvalue weighted by atomic mass is 10.1. The highest BCUT2D eigenvalue weighted by Crippen LogP contribution is 2.19. The molecule has 0 aliphatic heterocycles. The van der Waals surface area contributed by atoms with Crippen LogP contribution in [0.4, 0.5) is 0 Å². The van der Waals surface area contributed by atoms with Crippen molar-refractivity contribution in [3.63, 3.8) is 0 Å². The van der Waals surface area contributed by atoms with Crippen molar-refractivity contribution in [2.75, 3.05) is 0 Å². The highest BCUT2D eigenvalue weighted by atomic mass is 15.3. The molecular formula is C11H17N3. The number of nitrogens with zero attached hydrogens (tertiary/aromatic N) is 2. The molecule has 0 amide bonds. The Bertz CT molecular complexity index is 365. The van der Waals surface area contributed by atoms with Gasteiger partial charge in [-0.15, -0.1) is 0 Å². The number of H-pyrrole nitrogens is 1. The summed E-state index contributed by atoms with van der Waals surface area (Å²) in [7, 11) is 0. The van der Waals surface area contributed by atoms with Crippen LogP contribution in [0.3, 0.4) is 0 Å². The van der Waals surface area contributed by atoms with E-state index in [0.29, 0.717) is 11.8 Å². The van der Waals surface area contributed by atoms with Gasteiger partial charge < -0.3 is 4.98 Å². The van der Waals surface area contributed by atoms with Crippen molar-refractivity contribution in [1.82, 2.24) is 14.6 Å². The van der Waals surface area contributed by atoms with E-state index in [1.54, 1.807) is 0 Å². The Kier molecular flexibility index (Phi) is 2.10. The zero-order valence-corrected chi connectivity index (χ0v) is 9.20. The van der Waals surface area contributed by atoms with E-state index in [0.717, 1.165) is 11.5 Å². The molecule has 0 radical (unpaired) electrons. The summed E-state index contributed by atoms with van der Waals surface area (Å²) >= 11 is 0. The molecular weight excluding hydrogens is 174 g/mol. The highest BCUT2D eigenvalue weighted by Gasteiger charge is 2.09. The number of hydrogen-bond donors (Lipinski definition) is 1. The third-order valence-corrected chi connectivity index (χ3v) is 2.51. The molecule has 0 fully saturated rings. The maximum Gasteiger partial charge on any atom is 0.133 e. The van der Waals surface area contributed by atoms with Crippen LogP contribution in [0.2, 0.25) is 0 Å². The normalized spacial score (nSPS) is 12.1. The van der Waals surface area contributed by atoms with Crippen molar-refractivity contribution >= 4 is 5.65 Å². The van der Waals surface area contributed by atoms with Crippen molar-refractivity contribution < 1.29 is 0 Å². The maximum absolute atomic E-state index is 4.48. The van der Waals surface area contributed by atoms with E-state index in [9.17, 15) is 0 Å². The molecule has 0 atom stereocenters. The highest BCUT2D eigenvalue weighted by molar-refractivity contribution is 5.43. The number of fused-ring (bicyclic) bond motifs is 1. The van der Waals surface area contributed by atoms with E-state index in [4.69, 9.17) is 0 Å². The summed E-state index contributed by atoms with van der Waals surface area (Å²) in [5.74, 6) is 2.07. The second-order valence-corrected chi connectivity index (χ2v) is 4.42. The van der Waals surface area contributed by atoms with Gasteiger partial charge in [0.1, 0.15) is 11.5 Å². The number of aromatic nitrogens is 3. The first-order valence-corrected chi connectivity index (χ1v) is 5.16. The zero-order chi connectivity index (χ0) is 10.3. The maximum atomic E-state index is 4.48. The molecule has 2 heterocycles. The fourth-order valence-corrected chi connectivity index (χ4v) is 1.50. The van der Waals surface area contributed by atoms with Crippen molar-refractivity contribution in [3.05, 3.63) is 23.7 Å². The van der Waals surface area contributed by atoms with Gasteiger partial charge >= 0.3 is 0 Å². The Balaban J connectivity index is 2.45. The van der Waals surface area contributed by atoms with Crippen LogP contribution in [0.25, 0.3) is 5.65 Å². The fourth-order valence-electron chi connectivity index (χ4n) is 1.50. The quantitative estimate of drug-likeness (QED) is 0.777. The largest absolute Gasteiger partial charge is 0.327 e. The van der Waals surface area contributed by atoms with E-state index in [1.165, 1.54) is 5.56 Å². The third-order valence-electron chi connectivity index (χ3n) is 2.51. The molecule has 76 valence electrons. The first-order valence-electron chi connectivity index (χ1n) is 5.16. The van der Waals surface area contributed by atoms with Crippen LogP contribution in [-0.2, 0) is 0 Å². The van der Waals surface area contributed by atoms with Crippen LogP contribution in [-0.4, -0.2) is 14.6 Å². The summed E-state index contributed by atoms with van der Waals surface area (Å²) in [6.45, 7) is 8.67. The summed E-state index contributed by atoms with van der Waals surface area (Å²) in [6, 6.07) is 2.17. The Hall–Kier alpha value is -1.25. The second-order valence-electron chi connectivity index (χ2n) is 4.42. The van der Waals surface area contributed by atoms with E-state index in [-0.39, 0.29) is 0 Å². The molecule has 0 aliphatic carbocycles. The number of rotatable bonds is 2. The van der Waals surface area contributed by atoms with Gasteiger partial charge in [-0.3, -0.25) is 0 Å². The average molecular weight is 191 g/mol. The van der Waals surface area contributed by atoms with Crippen LogP contribution in [0, 0.1) is 0 Å². The van der Waals surface area contributed by atoms with Crippen LogP contribution in [0.5, 0.6) is 0 Å².